The molecule has 0 saturated heterocycles. The second-order valence-electron chi connectivity index (χ2n) is 5.45. The molecule has 8 heteroatoms. The van der Waals surface area contributed by atoms with Crippen molar-refractivity contribution in [3.8, 4) is 0 Å². The van der Waals surface area contributed by atoms with Gasteiger partial charge in [0.1, 0.15) is 11.5 Å². The van der Waals surface area contributed by atoms with E-state index >= 15 is 0 Å². The number of aromatic amines is 1. The maximum atomic E-state index is 13.7. The van der Waals surface area contributed by atoms with E-state index < -0.39 is 23.6 Å². The zero-order valence-corrected chi connectivity index (χ0v) is 14.2. The molecular weight excluding hydrogens is 329 g/mol. The van der Waals surface area contributed by atoms with Crippen LogP contribution >= 0.6 is 0 Å². The molecule has 0 atom stereocenters. The van der Waals surface area contributed by atoms with Gasteiger partial charge in [-0.3, -0.25) is 9.59 Å². The lowest BCUT2D eigenvalue weighted by Gasteiger charge is -2.09. The number of rotatable bonds is 4. The number of H-pyrrole nitrogens is 1. The van der Waals surface area contributed by atoms with E-state index in [9.17, 15) is 18.8 Å². The smallest absolute Gasteiger partial charge is 0.339 e. The summed E-state index contributed by atoms with van der Waals surface area (Å²) < 4.78 is 18.4. The van der Waals surface area contributed by atoms with Gasteiger partial charge in [0.2, 0.25) is 5.91 Å². The predicted molar refractivity (Wildman–Crippen MR) is 90.3 cm³/mol. The normalized spacial score (nSPS) is 10.3. The van der Waals surface area contributed by atoms with Gasteiger partial charge in [0.15, 0.2) is 0 Å². The van der Waals surface area contributed by atoms with E-state index in [0.29, 0.717) is 22.5 Å². The number of carbonyl (C=O) groups is 3. The molecule has 0 fully saturated rings. The van der Waals surface area contributed by atoms with Crippen LogP contribution in [0.5, 0.6) is 0 Å². The van der Waals surface area contributed by atoms with Crippen LogP contribution in [-0.2, 0) is 9.53 Å². The molecule has 1 heterocycles. The number of esters is 1. The van der Waals surface area contributed by atoms with Crippen LogP contribution in [0.2, 0.25) is 0 Å². The number of aryl methyl sites for hydroxylation is 1. The van der Waals surface area contributed by atoms with E-state index in [2.05, 4.69) is 15.6 Å². The summed E-state index contributed by atoms with van der Waals surface area (Å²) in [5.74, 6) is -2.09. The van der Waals surface area contributed by atoms with Gasteiger partial charge in [0.25, 0.3) is 5.91 Å². The van der Waals surface area contributed by atoms with Crippen molar-refractivity contribution in [1.29, 1.82) is 0 Å². The van der Waals surface area contributed by atoms with E-state index in [1.807, 2.05) is 0 Å². The topological polar surface area (TPSA) is 100 Å². The highest BCUT2D eigenvalue weighted by molar-refractivity contribution is 6.07. The van der Waals surface area contributed by atoms with Gasteiger partial charge in [0.05, 0.1) is 18.4 Å². The first-order valence-electron chi connectivity index (χ1n) is 7.40. The number of methoxy groups -OCH3 is 1. The van der Waals surface area contributed by atoms with E-state index in [0.717, 1.165) is 6.07 Å². The molecule has 2 amide bonds. The molecule has 1 aromatic carbocycles. The first-order chi connectivity index (χ1) is 11.7. The summed E-state index contributed by atoms with van der Waals surface area (Å²) in [4.78, 5) is 38.2. The Hall–Kier alpha value is -3.16. The van der Waals surface area contributed by atoms with E-state index in [1.165, 1.54) is 26.2 Å². The Kier molecular flexibility index (Phi) is 5.21. The van der Waals surface area contributed by atoms with Crippen LogP contribution in [0, 0.1) is 19.7 Å². The molecule has 2 aromatic rings. The number of carbonyl (C=O) groups excluding carboxylic acids is 3. The summed E-state index contributed by atoms with van der Waals surface area (Å²) in [6.45, 7) is 4.53. The van der Waals surface area contributed by atoms with Crippen LogP contribution < -0.4 is 10.6 Å². The molecule has 0 radical (unpaired) electrons. The summed E-state index contributed by atoms with van der Waals surface area (Å²) in [7, 11) is 1.26. The van der Waals surface area contributed by atoms with Crippen LogP contribution in [-0.4, -0.2) is 29.9 Å². The minimum atomic E-state index is -0.618. The zero-order chi connectivity index (χ0) is 18.7. The molecule has 132 valence electrons. The van der Waals surface area contributed by atoms with Crippen molar-refractivity contribution >= 4 is 29.2 Å². The Bertz CT molecular complexity index is 858. The van der Waals surface area contributed by atoms with Gasteiger partial charge in [-0.2, -0.15) is 0 Å². The number of nitrogens with one attached hydrogen (secondary N) is 3. The van der Waals surface area contributed by atoms with Crippen molar-refractivity contribution in [2.75, 3.05) is 17.7 Å². The fourth-order valence-corrected chi connectivity index (χ4v) is 2.47. The third kappa shape index (κ3) is 3.85. The van der Waals surface area contributed by atoms with E-state index in [1.54, 1.807) is 13.8 Å². The molecule has 0 unspecified atom stereocenters. The fraction of sp³-hybridized carbons (Fsp3) is 0.235. The first-order valence-corrected chi connectivity index (χ1v) is 7.40. The van der Waals surface area contributed by atoms with Gasteiger partial charge in [-0.15, -0.1) is 0 Å². The van der Waals surface area contributed by atoms with E-state index in [-0.39, 0.29) is 11.4 Å². The number of ether oxygens (including phenoxy) is 1. The Morgan fingerprint density at radius 1 is 1.16 bits per heavy atom. The van der Waals surface area contributed by atoms with Crippen LogP contribution in [0.15, 0.2) is 18.2 Å². The van der Waals surface area contributed by atoms with Crippen LogP contribution in [0.4, 0.5) is 15.8 Å². The fourth-order valence-electron chi connectivity index (χ4n) is 2.47. The number of hydrogen-bond donors (Lipinski definition) is 3. The number of anilines is 2. The molecule has 0 aliphatic rings. The van der Waals surface area contributed by atoms with Gasteiger partial charge < -0.3 is 20.4 Å². The van der Waals surface area contributed by atoms with Crippen molar-refractivity contribution in [1.82, 2.24) is 4.98 Å². The molecule has 0 spiro atoms. The Labute approximate surface area is 143 Å². The lowest BCUT2D eigenvalue weighted by Crippen LogP contribution is -2.15. The van der Waals surface area contributed by atoms with Crippen LogP contribution in [0.1, 0.15) is 39.0 Å². The summed E-state index contributed by atoms with van der Waals surface area (Å²) >= 11 is 0. The minimum Gasteiger partial charge on any atom is -0.465 e. The van der Waals surface area contributed by atoms with Crippen molar-refractivity contribution in [3.63, 3.8) is 0 Å². The van der Waals surface area contributed by atoms with Crippen LogP contribution in [0.3, 0.4) is 0 Å². The SMILES string of the molecule is COC(=O)c1c(C)[nH]c(C(=O)Nc2ccc(F)c(NC(C)=O)c2)c1C. The highest BCUT2D eigenvalue weighted by Crippen LogP contribution is 2.23. The molecule has 7 nitrogen and oxygen atoms in total. The van der Waals surface area contributed by atoms with Crippen molar-refractivity contribution in [2.45, 2.75) is 20.8 Å². The largest absolute Gasteiger partial charge is 0.465 e. The molecule has 25 heavy (non-hydrogen) atoms. The maximum absolute atomic E-state index is 13.7. The number of benzene rings is 1. The second-order valence-corrected chi connectivity index (χ2v) is 5.45. The highest BCUT2D eigenvalue weighted by atomic mass is 19.1. The van der Waals surface area contributed by atoms with Crippen molar-refractivity contribution in [3.05, 3.63) is 46.5 Å². The quantitative estimate of drug-likeness (QED) is 0.740. The Morgan fingerprint density at radius 2 is 1.84 bits per heavy atom. The monoisotopic (exact) mass is 347 g/mol. The van der Waals surface area contributed by atoms with Gasteiger partial charge in [-0.1, -0.05) is 0 Å². The summed E-state index contributed by atoms with van der Waals surface area (Å²) in [5, 5.41) is 4.94. The molecule has 3 N–H and O–H groups in total. The molecule has 0 aliphatic heterocycles. The van der Waals surface area contributed by atoms with E-state index in [4.69, 9.17) is 4.74 Å². The highest BCUT2D eigenvalue weighted by Gasteiger charge is 2.22. The molecule has 0 aliphatic carbocycles. The second kappa shape index (κ2) is 7.16. The molecular formula is C17H18FN3O4. The molecule has 1 aromatic heterocycles. The lowest BCUT2D eigenvalue weighted by molar-refractivity contribution is -0.114. The van der Waals surface area contributed by atoms with Gasteiger partial charge in [-0.25, -0.2) is 9.18 Å². The average molecular weight is 347 g/mol. The molecule has 0 saturated carbocycles. The van der Waals surface area contributed by atoms with Crippen LogP contribution in [0.25, 0.3) is 0 Å². The summed E-state index contributed by atoms with van der Waals surface area (Å²) in [5.41, 5.74) is 1.70. The van der Waals surface area contributed by atoms with Crippen molar-refractivity contribution < 1.29 is 23.5 Å². The summed E-state index contributed by atoms with van der Waals surface area (Å²) in [6.07, 6.45) is 0. The first kappa shape index (κ1) is 18.2. The Morgan fingerprint density at radius 3 is 2.44 bits per heavy atom. The summed E-state index contributed by atoms with van der Waals surface area (Å²) in [6, 6.07) is 3.81. The third-order valence-corrected chi connectivity index (χ3v) is 3.59. The third-order valence-electron chi connectivity index (χ3n) is 3.59. The molecule has 0 bridgehead atoms. The van der Waals surface area contributed by atoms with Gasteiger partial charge in [-0.05, 0) is 37.6 Å². The number of halogens is 1. The van der Waals surface area contributed by atoms with Gasteiger partial charge in [0, 0.05) is 18.3 Å². The number of aromatic nitrogens is 1. The number of amides is 2. The average Bonchev–Trinajstić information content (AvgIpc) is 2.84. The standard InChI is InChI=1S/C17H18FN3O4/c1-8-14(17(24)25-4)9(2)19-15(8)16(23)21-11-5-6-12(18)13(7-11)20-10(3)22/h5-7,19H,1-4H3,(H,20,22)(H,21,23). The van der Waals surface area contributed by atoms with Gasteiger partial charge >= 0.3 is 5.97 Å². The number of hydrogen-bond acceptors (Lipinski definition) is 4. The minimum absolute atomic E-state index is 0.0417. The zero-order valence-electron chi connectivity index (χ0n) is 14.2. The Balaban J connectivity index is 2.29. The molecule has 2 rings (SSSR count). The lowest BCUT2D eigenvalue weighted by atomic mass is 10.1. The van der Waals surface area contributed by atoms with Crippen molar-refractivity contribution in [2.24, 2.45) is 0 Å². The predicted octanol–water partition coefficient (Wildman–Crippen LogP) is 2.77. The maximum Gasteiger partial charge on any atom is 0.339 e.